The molecule has 2 fully saturated rings. The Morgan fingerprint density at radius 2 is 1.88 bits per heavy atom. The van der Waals surface area contributed by atoms with E-state index in [1.807, 2.05) is 32.0 Å². The van der Waals surface area contributed by atoms with Crippen LogP contribution in [0.2, 0.25) is 5.02 Å². The summed E-state index contributed by atoms with van der Waals surface area (Å²) in [4.78, 5) is 28.6. The number of hydrogen-bond acceptors (Lipinski definition) is 3. The first-order valence-corrected chi connectivity index (χ1v) is 15.1. The number of halogens is 1. The van der Waals surface area contributed by atoms with Gasteiger partial charge < -0.3 is 15.5 Å². The number of carbonyl (C=O) groups is 2. The molecule has 0 bridgehead atoms. The smallest absolute Gasteiger partial charge is 0.309 e. The van der Waals surface area contributed by atoms with E-state index in [1.165, 1.54) is 0 Å². The Morgan fingerprint density at radius 3 is 2.47 bits per heavy atom. The normalized spacial score (nSPS) is 20.9. The topological polar surface area (TPSA) is 90.1 Å². The van der Waals surface area contributed by atoms with Crippen LogP contribution in [0.4, 0.5) is 16.3 Å². The van der Waals surface area contributed by atoms with Crippen LogP contribution in [0.25, 0.3) is 0 Å². The molecule has 0 spiro atoms. The number of hydrogen-bond donors (Lipinski definition) is 3. The maximum Gasteiger partial charge on any atom is 0.322 e. The third kappa shape index (κ3) is 3.61. The number of urea groups is 1. The lowest BCUT2D eigenvalue weighted by molar-refractivity contribution is -0.120. The van der Waals surface area contributed by atoms with Crippen molar-refractivity contribution in [1.29, 1.82) is 0 Å². The summed E-state index contributed by atoms with van der Waals surface area (Å²) in [6, 6.07) is 5.58. The van der Waals surface area contributed by atoms with E-state index in [0.717, 1.165) is 48.9 Å². The molecule has 3 aliphatic rings. The van der Waals surface area contributed by atoms with Gasteiger partial charge in [-0.25, -0.2) is 14.8 Å². The van der Waals surface area contributed by atoms with Gasteiger partial charge in [-0.1, -0.05) is 23.7 Å². The van der Waals surface area contributed by atoms with Crippen LogP contribution in [0.15, 0.2) is 18.2 Å². The van der Waals surface area contributed by atoms with Crippen LogP contribution in [0, 0.1) is 0 Å². The molecule has 7 nitrogen and oxygen atoms in total. The van der Waals surface area contributed by atoms with E-state index in [9.17, 15) is 9.59 Å². The molecule has 2 aliphatic carbocycles. The predicted molar refractivity (Wildman–Crippen MR) is 140 cm³/mol. The van der Waals surface area contributed by atoms with E-state index in [1.54, 1.807) is 4.90 Å². The summed E-state index contributed by atoms with van der Waals surface area (Å²) in [6.45, 7) is 4.34. The van der Waals surface area contributed by atoms with Crippen molar-refractivity contribution in [2.24, 2.45) is 0 Å². The monoisotopic (exact) mass is 503 g/mol. The minimum absolute atomic E-state index is 0.0569. The third-order valence-corrected chi connectivity index (χ3v) is 11.2. The second kappa shape index (κ2) is 7.92. The van der Waals surface area contributed by atoms with Crippen molar-refractivity contribution < 1.29 is 9.59 Å². The molecule has 5 rings (SSSR count). The van der Waals surface area contributed by atoms with Crippen molar-refractivity contribution in [3.8, 4) is 0 Å². The lowest BCUT2D eigenvalue weighted by atomic mass is 9.83. The zero-order valence-electron chi connectivity index (χ0n) is 20.5. The van der Waals surface area contributed by atoms with Gasteiger partial charge in [0.05, 0.1) is 33.2 Å². The summed E-state index contributed by atoms with van der Waals surface area (Å²) in [5, 5.41) is 14.3. The molecule has 1 aromatic heterocycles. The fraction of sp³-hybridized carbons (Fsp3) is 0.560. The molecule has 0 atom stereocenters. The molecule has 2 saturated carbocycles. The molecule has 1 aromatic carbocycles. The third-order valence-electron chi connectivity index (χ3n) is 7.99. The highest BCUT2D eigenvalue weighted by atomic mass is 35.5. The van der Waals surface area contributed by atoms with Crippen LogP contribution < -0.4 is 10.6 Å². The number of para-hydroxylation sites is 1. The Hall–Kier alpha value is -2.19. The minimum atomic E-state index is -1.07. The lowest BCUT2D eigenvalue weighted by Gasteiger charge is -2.53. The number of rotatable bonds is 5. The van der Waals surface area contributed by atoms with Crippen LogP contribution in [0.1, 0.15) is 68.7 Å². The van der Waals surface area contributed by atoms with E-state index in [2.05, 4.69) is 39.6 Å². The Labute approximate surface area is 207 Å². The highest BCUT2D eigenvalue weighted by Crippen LogP contribution is 2.60. The molecule has 2 aromatic rings. The highest BCUT2D eigenvalue weighted by molar-refractivity contribution is 8.33. The molecule has 184 valence electrons. The number of carbonyl (C=O) groups excluding carboxylic acids is 2. The van der Waals surface area contributed by atoms with Crippen LogP contribution in [-0.2, 0) is 16.9 Å². The van der Waals surface area contributed by atoms with E-state index in [4.69, 9.17) is 11.6 Å². The van der Waals surface area contributed by atoms with Gasteiger partial charge in [-0.3, -0.25) is 9.89 Å². The summed E-state index contributed by atoms with van der Waals surface area (Å²) in [5.74, 6) is 1.05. The van der Waals surface area contributed by atoms with Crippen LogP contribution >= 0.6 is 21.6 Å². The molecular formula is C25H34ClN5O2S. The number of nitrogens with zero attached hydrogens (tertiary/aromatic N) is 2. The molecule has 9 heteroatoms. The first-order chi connectivity index (χ1) is 16.0. The number of aromatic nitrogens is 2. The van der Waals surface area contributed by atoms with Crippen molar-refractivity contribution in [3.05, 3.63) is 40.0 Å². The maximum atomic E-state index is 13.5. The summed E-state index contributed by atoms with van der Waals surface area (Å²) in [5.41, 5.74) is 2.91. The van der Waals surface area contributed by atoms with Gasteiger partial charge >= 0.3 is 6.03 Å². The van der Waals surface area contributed by atoms with E-state index in [-0.39, 0.29) is 16.7 Å². The quantitative estimate of drug-likeness (QED) is 0.483. The van der Waals surface area contributed by atoms with E-state index >= 15 is 0 Å². The Bertz CT molecular complexity index is 1160. The molecule has 1 aliphatic heterocycles. The van der Waals surface area contributed by atoms with Crippen molar-refractivity contribution >= 4 is 45.1 Å². The highest BCUT2D eigenvalue weighted by Gasteiger charge is 2.51. The van der Waals surface area contributed by atoms with Crippen LogP contribution in [0.5, 0.6) is 0 Å². The van der Waals surface area contributed by atoms with Crippen LogP contribution in [-0.4, -0.2) is 50.5 Å². The SMILES string of the molecule is CC1(C)c2[nH]nc(NC(=O)C3(S(C)(C)C)CCC3)c2CN1C(=O)Nc1c(Cl)cccc1C1CC1. The number of benzene rings is 1. The Kier molecular flexibility index (Phi) is 5.48. The Balaban J connectivity index is 1.37. The number of anilines is 2. The number of amides is 3. The van der Waals surface area contributed by atoms with Gasteiger partial charge in [-0.2, -0.15) is 5.10 Å². The first kappa shape index (κ1) is 23.5. The zero-order valence-corrected chi connectivity index (χ0v) is 22.1. The van der Waals surface area contributed by atoms with Crippen molar-refractivity contribution in [1.82, 2.24) is 15.1 Å². The average molecular weight is 504 g/mol. The van der Waals surface area contributed by atoms with Gasteiger partial charge in [-0.15, -0.1) is 0 Å². The van der Waals surface area contributed by atoms with Crippen molar-refractivity contribution in [2.75, 3.05) is 29.4 Å². The van der Waals surface area contributed by atoms with Crippen molar-refractivity contribution in [3.63, 3.8) is 0 Å². The first-order valence-electron chi connectivity index (χ1n) is 11.9. The van der Waals surface area contributed by atoms with Gasteiger partial charge in [0.2, 0.25) is 5.91 Å². The molecule has 0 radical (unpaired) electrons. The predicted octanol–water partition coefficient (Wildman–Crippen LogP) is 5.78. The molecule has 2 heterocycles. The number of fused-ring (bicyclic) bond motifs is 1. The molecular weight excluding hydrogens is 470 g/mol. The Morgan fingerprint density at radius 1 is 1.18 bits per heavy atom. The van der Waals surface area contributed by atoms with Gasteiger partial charge in [0, 0.05) is 5.56 Å². The fourth-order valence-corrected chi connectivity index (χ4v) is 7.71. The standard InChI is InChI=1S/C25H34ClN5O2S/c1-24(2)20-17(21(30-29-20)28-22(32)25(12-7-13-25)34(3,4)5)14-31(24)23(33)27-19-16(15-10-11-15)8-6-9-18(19)26/h6,8-9,15H,7,10-14H2,1-5H3,(H,27,33)(H2,28,29,30,32). The van der Waals surface area contributed by atoms with Gasteiger partial charge in [-0.05, 0) is 82.3 Å². The lowest BCUT2D eigenvalue weighted by Crippen LogP contribution is -2.51. The minimum Gasteiger partial charge on any atom is -0.309 e. The summed E-state index contributed by atoms with van der Waals surface area (Å²) >= 11 is 6.48. The number of aromatic amines is 1. The van der Waals surface area contributed by atoms with Crippen molar-refractivity contribution in [2.45, 2.75) is 68.7 Å². The van der Waals surface area contributed by atoms with Crippen LogP contribution in [0.3, 0.4) is 0 Å². The number of nitrogens with one attached hydrogen (secondary N) is 3. The summed E-state index contributed by atoms with van der Waals surface area (Å²) < 4.78 is -0.298. The second-order valence-electron chi connectivity index (χ2n) is 11.1. The number of H-pyrrole nitrogens is 1. The molecule has 3 amide bonds. The average Bonchev–Trinajstić information content (AvgIpc) is 3.40. The molecule has 3 N–H and O–H groups in total. The fourth-order valence-electron chi connectivity index (χ4n) is 5.36. The summed E-state index contributed by atoms with van der Waals surface area (Å²) in [6.07, 6.45) is 11.8. The summed E-state index contributed by atoms with van der Waals surface area (Å²) in [7, 11) is -1.07. The maximum absolute atomic E-state index is 13.5. The van der Waals surface area contributed by atoms with Gasteiger partial charge in [0.15, 0.2) is 5.82 Å². The largest absolute Gasteiger partial charge is 0.322 e. The van der Waals surface area contributed by atoms with Gasteiger partial charge in [0.1, 0.15) is 0 Å². The molecule has 34 heavy (non-hydrogen) atoms. The molecule has 0 unspecified atom stereocenters. The second-order valence-corrected chi connectivity index (χ2v) is 16.0. The zero-order chi connectivity index (χ0) is 24.5. The van der Waals surface area contributed by atoms with E-state index in [0.29, 0.717) is 29.0 Å². The molecule has 0 saturated heterocycles. The van der Waals surface area contributed by atoms with Gasteiger partial charge in [0.25, 0.3) is 0 Å². The van der Waals surface area contributed by atoms with E-state index < -0.39 is 15.6 Å².